The first kappa shape index (κ1) is 13.7. The minimum absolute atomic E-state index is 0.911. The lowest BCUT2D eigenvalue weighted by molar-refractivity contribution is 1.06. The molecule has 2 aromatic heterocycles. The van der Waals surface area contributed by atoms with E-state index in [0.29, 0.717) is 0 Å². The van der Waals surface area contributed by atoms with Crippen LogP contribution in [0.15, 0.2) is 36.4 Å². The lowest BCUT2D eigenvalue weighted by atomic mass is 10.1. The Balaban J connectivity index is 2.20. The molecule has 1 aromatic carbocycles. The highest BCUT2D eigenvalue weighted by atomic mass is 15.1. The Morgan fingerprint density at radius 3 is 2.33 bits per heavy atom. The third-order valence-corrected chi connectivity index (χ3v) is 3.97. The quantitative estimate of drug-likeness (QED) is 0.761. The van der Waals surface area contributed by atoms with Crippen molar-refractivity contribution in [3.8, 4) is 0 Å². The van der Waals surface area contributed by atoms with Gasteiger partial charge in [0.05, 0.1) is 5.69 Å². The summed E-state index contributed by atoms with van der Waals surface area (Å²) in [6, 6.07) is 12.6. The Morgan fingerprint density at radius 2 is 1.67 bits per heavy atom. The fourth-order valence-electron chi connectivity index (χ4n) is 2.81. The minimum atomic E-state index is 0.911. The van der Waals surface area contributed by atoms with Gasteiger partial charge in [0, 0.05) is 11.4 Å². The van der Waals surface area contributed by atoms with Crippen LogP contribution >= 0.6 is 0 Å². The van der Waals surface area contributed by atoms with Gasteiger partial charge in [0.2, 0.25) is 0 Å². The van der Waals surface area contributed by atoms with E-state index in [9.17, 15) is 0 Å². The van der Waals surface area contributed by atoms with E-state index in [-0.39, 0.29) is 0 Å². The van der Waals surface area contributed by atoms with Crippen molar-refractivity contribution in [1.29, 1.82) is 0 Å². The molecule has 108 valence electrons. The highest BCUT2D eigenvalue weighted by Gasteiger charge is 2.14. The monoisotopic (exact) mass is 279 g/mol. The molecule has 0 amide bonds. The summed E-state index contributed by atoms with van der Waals surface area (Å²) in [5, 5.41) is 3.62. The summed E-state index contributed by atoms with van der Waals surface area (Å²) >= 11 is 0. The van der Waals surface area contributed by atoms with Crippen molar-refractivity contribution in [2.24, 2.45) is 0 Å². The third kappa shape index (κ3) is 2.29. The number of hydrogen-bond acceptors (Lipinski definition) is 2. The number of fused-ring (bicyclic) bond motifs is 1. The number of anilines is 2. The molecule has 0 aliphatic heterocycles. The van der Waals surface area contributed by atoms with Crippen LogP contribution in [0.25, 0.3) is 5.65 Å². The Labute approximate surface area is 125 Å². The van der Waals surface area contributed by atoms with Crippen LogP contribution in [0.1, 0.15) is 29.4 Å². The number of hydrogen-bond donors (Lipinski definition) is 1. The zero-order valence-corrected chi connectivity index (χ0v) is 13.1. The minimum Gasteiger partial charge on any atom is -0.339 e. The third-order valence-electron chi connectivity index (χ3n) is 3.97. The molecule has 0 fully saturated rings. The van der Waals surface area contributed by atoms with E-state index in [1.807, 2.05) is 0 Å². The molecule has 3 nitrogen and oxygen atoms in total. The van der Waals surface area contributed by atoms with Gasteiger partial charge >= 0.3 is 0 Å². The molecule has 2 heterocycles. The largest absolute Gasteiger partial charge is 0.339 e. The van der Waals surface area contributed by atoms with Gasteiger partial charge in [-0.3, -0.25) is 4.40 Å². The van der Waals surface area contributed by atoms with E-state index in [1.165, 1.54) is 22.5 Å². The molecule has 3 rings (SSSR count). The summed E-state index contributed by atoms with van der Waals surface area (Å²) in [5.74, 6) is 1.09. The molecule has 3 heteroatoms. The predicted molar refractivity (Wildman–Crippen MR) is 88.5 cm³/mol. The van der Waals surface area contributed by atoms with Crippen molar-refractivity contribution >= 4 is 17.2 Å². The van der Waals surface area contributed by atoms with Crippen LogP contribution in [0.3, 0.4) is 0 Å². The first-order chi connectivity index (χ1) is 10.1. The Hall–Kier alpha value is -2.29. The highest BCUT2D eigenvalue weighted by Crippen LogP contribution is 2.28. The van der Waals surface area contributed by atoms with Crippen LogP contribution in [-0.4, -0.2) is 9.38 Å². The molecule has 21 heavy (non-hydrogen) atoms. The van der Waals surface area contributed by atoms with Crippen LogP contribution in [-0.2, 0) is 6.42 Å². The summed E-state index contributed by atoms with van der Waals surface area (Å²) in [4.78, 5) is 4.75. The fourth-order valence-corrected chi connectivity index (χ4v) is 2.81. The van der Waals surface area contributed by atoms with Gasteiger partial charge in [-0.05, 0) is 50.5 Å². The van der Waals surface area contributed by atoms with Crippen molar-refractivity contribution in [2.45, 2.75) is 34.1 Å². The lowest BCUT2D eigenvalue weighted by Crippen LogP contribution is -2.03. The summed E-state index contributed by atoms with van der Waals surface area (Å²) in [7, 11) is 0. The van der Waals surface area contributed by atoms with E-state index >= 15 is 0 Å². The molecule has 0 atom stereocenters. The highest BCUT2D eigenvalue weighted by molar-refractivity contribution is 5.69. The van der Waals surface area contributed by atoms with Gasteiger partial charge in [0.15, 0.2) is 0 Å². The second-order valence-electron chi connectivity index (χ2n) is 5.51. The molecule has 0 aliphatic carbocycles. The maximum absolute atomic E-state index is 4.75. The summed E-state index contributed by atoms with van der Waals surface area (Å²) in [6.45, 7) is 8.53. The standard InChI is InChI=1S/C18H21N3/c1-5-15-18(20-17-12(2)8-6-9-13(17)3)21-14(4)10-7-11-16(21)19-15/h6-11,20H,5H2,1-4H3. The summed E-state index contributed by atoms with van der Waals surface area (Å²) in [5.41, 5.74) is 6.97. The van der Waals surface area contributed by atoms with Gasteiger partial charge in [-0.25, -0.2) is 4.98 Å². The van der Waals surface area contributed by atoms with E-state index < -0.39 is 0 Å². The first-order valence-corrected chi connectivity index (χ1v) is 7.42. The fraction of sp³-hybridized carbons (Fsp3) is 0.278. The van der Waals surface area contributed by atoms with Crippen molar-refractivity contribution in [2.75, 3.05) is 5.32 Å². The van der Waals surface area contributed by atoms with Crippen LogP contribution in [0.2, 0.25) is 0 Å². The lowest BCUT2D eigenvalue weighted by Gasteiger charge is -2.14. The van der Waals surface area contributed by atoms with Gasteiger partial charge in [0.25, 0.3) is 0 Å². The zero-order valence-electron chi connectivity index (χ0n) is 13.1. The molecule has 0 bridgehead atoms. The Morgan fingerprint density at radius 1 is 1.00 bits per heavy atom. The van der Waals surface area contributed by atoms with Gasteiger partial charge in [-0.1, -0.05) is 31.2 Å². The van der Waals surface area contributed by atoms with E-state index in [0.717, 1.165) is 23.6 Å². The molecule has 0 unspecified atom stereocenters. The van der Waals surface area contributed by atoms with Crippen molar-refractivity contribution < 1.29 is 0 Å². The SMILES string of the molecule is CCc1nc2cccc(C)n2c1Nc1c(C)cccc1C. The first-order valence-electron chi connectivity index (χ1n) is 7.42. The number of aromatic nitrogens is 2. The molecule has 0 aliphatic rings. The summed E-state index contributed by atoms with van der Waals surface area (Å²) < 4.78 is 2.20. The topological polar surface area (TPSA) is 29.3 Å². The molecule has 1 N–H and O–H groups in total. The number of nitrogens with one attached hydrogen (secondary N) is 1. The molecular formula is C18H21N3. The van der Waals surface area contributed by atoms with Gasteiger partial charge in [-0.15, -0.1) is 0 Å². The van der Waals surface area contributed by atoms with Gasteiger partial charge in [0.1, 0.15) is 11.5 Å². The second kappa shape index (κ2) is 5.24. The van der Waals surface area contributed by atoms with E-state index in [1.54, 1.807) is 0 Å². The molecule has 0 radical (unpaired) electrons. The molecule has 3 aromatic rings. The predicted octanol–water partition coefficient (Wildman–Crippen LogP) is 4.57. The summed E-state index contributed by atoms with van der Waals surface area (Å²) in [6.07, 6.45) is 0.911. The second-order valence-corrected chi connectivity index (χ2v) is 5.51. The van der Waals surface area contributed by atoms with Crippen molar-refractivity contribution in [3.05, 3.63) is 58.9 Å². The Bertz CT molecular complexity index is 779. The number of nitrogens with zero attached hydrogens (tertiary/aromatic N) is 2. The maximum Gasteiger partial charge on any atom is 0.138 e. The van der Waals surface area contributed by atoms with Crippen LogP contribution in [0, 0.1) is 20.8 Å². The number of para-hydroxylation sites is 1. The van der Waals surface area contributed by atoms with Crippen LogP contribution < -0.4 is 5.32 Å². The van der Waals surface area contributed by atoms with Crippen molar-refractivity contribution in [1.82, 2.24) is 9.38 Å². The van der Waals surface area contributed by atoms with Crippen LogP contribution in [0.5, 0.6) is 0 Å². The van der Waals surface area contributed by atoms with Crippen LogP contribution in [0.4, 0.5) is 11.5 Å². The molecule has 0 spiro atoms. The molecular weight excluding hydrogens is 258 g/mol. The smallest absolute Gasteiger partial charge is 0.138 e. The van der Waals surface area contributed by atoms with Crippen molar-refractivity contribution in [3.63, 3.8) is 0 Å². The van der Waals surface area contributed by atoms with Gasteiger partial charge < -0.3 is 5.32 Å². The normalized spacial score (nSPS) is 11.0. The number of aryl methyl sites for hydroxylation is 4. The number of benzene rings is 1. The van der Waals surface area contributed by atoms with E-state index in [4.69, 9.17) is 4.98 Å². The van der Waals surface area contributed by atoms with E-state index in [2.05, 4.69) is 73.8 Å². The molecule has 0 saturated heterocycles. The Kier molecular flexibility index (Phi) is 3.42. The number of imidazole rings is 1. The molecule has 0 saturated carbocycles. The number of rotatable bonds is 3. The zero-order chi connectivity index (χ0) is 15.0. The average molecular weight is 279 g/mol. The average Bonchev–Trinajstić information content (AvgIpc) is 2.82. The number of pyridine rings is 1. The van der Waals surface area contributed by atoms with Gasteiger partial charge in [-0.2, -0.15) is 0 Å². The maximum atomic E-state index is 4.75.